The Kier molecular flexibility index (Phi) is 12.3. The molecule has 13 rings (SSSR count). The summed E-state index contributed by atoms with van der Waals surface area (Å²) in [6.45, 7) is 16.8. The molecule has 10 heteroatoms. The van der Waals surface area contributed by atoms with Crippen LogP contribution in [0.15, 0.2) is 224 Å². The van der Waals surface area contributed by atoms with Gasteiger partial charge in [0.15, 0.2) is 11.4 Å². The summed E-state index contributed by atoms with van der Waals surface area (Å²) < 4.78 is 50.1. The number of benzene rings is 11. The van der Waals surface area contributed by atoms with Crippen molar-refractivity contribution in [1.29, 1.82) is 15.8 Å². The maximum Gasteiger partial charge on any atom is 0.417 e. The van der Waals surface area contributed by atoms with Crippen molar-refractivity contribution in [3.8, 4) is 96.3 Å². The minimum absolute atomic E-state index is 0.0512. The molecule has 7 nitrogen and oxygen atoms in total. The molecule has 0 saturated carbocycles. The summed E-state index contributed by atoms with van der Waals surface area (Å²) in [5.74, 6) is 0. The highest BCUT2D eigenvalue weighted by molar-refractivity contribution is 6.14. The normalized spacial score (nSPS) is 11.3. The molecule has 0 N–H and O–H groups in total. The van der Waals surface area contributed by atoms with Crippen LogP contribution in [0.2, 0.25) is 0 Å². The summed E-state index contributed by atoms with van der Waals surface area (Å²) in [6.07, 6.45) is -4.68. The number of nitriles is 3. The van der Waals surface area contributed by atoms with Crippen LogP contribution in [0.25, 0.3) is 131 Å². The fourth-order valence-electron chi connectivity index (χ4n) is 11.6. The highest BCUT2D eigenvalue weighted by Gasteiger charge is 2.35. The zero-order valence-electron chi connectivity index (χ0n) is 44.1. The van der Waals surface area contributed by atoms with Crippen molar-refractivity contribution in [3.05, 3.63) is 275 Å². The summed E-state index contributed by atoms with van der Waals surface area (Å²) >= 11 is 0. The fourth-order valence-corrected chi connectivity index (χ4v) is 11.6. The first-order chi connectivity index (χ1) is 40.4. The Morgan fingerprint density at radius 2 is 0.747 bits per heavy atom. The molecule has 0 atom stereocenters. The zero-order valence-corrected chi connectivity index (χ0v) is 44.1. The van der Waals surface area contributed by atoms with Crippen molar-refractivity contribution in [1.82, 2.24) is 9.13 Å². The van der Waals surface area contributed by atoms with Gasteiger partial charge in [-0.1, -0.05) is 121 Å². The standard InChI is InChI=1S/C73H40F3N7/c1-44-5-4-6-65(73(74,75)76)72(44)56-24-34-66(82-67-30-20-52(48-12-7-45(41-77)8-13-48)36-61(67)62-38-54(21-31-68(62)82)50-16-25-57(80-2)26-17-50)60(40-56)59-29-11-47(43-79)35-71(59)83-69-32-22-53(49-14-9-46(42-78)10-15-49)37-63(69)64-39-55(23-33-70(64)83)51-18-27-58(81-3)28-19-51/h4-40H,1H3. The highest BCUT2D eigenvalue weighted by Crippen LogP contribution is 2.47. The molecule has 83 heavy (non-hydrogen) atoms. The van der Waals surface area contributed by atoms with Gasteiger partial charge in [0, 0.05) is 32.7 Å². The van der Waals surface area contributed by atoms with Gasteiger partial charge < -0.3 is 9.13 Å². The third-order valence-electron chi connectivity index (χ3n) is 15.6. The molecule has 13 aromatic rings. The molecule has 0 bridgehead atoms. The Balaban J connectivity index is 1.12. The number of alkyl halides is 3. The van der Waals surface area contributed by atoms with E-state index in [9.17, 15) is 15.8 Å². The number of aryl methyl sites for hydroxylation is 1. The lowest BCUT2D eigenvalue weighted by Gasteiger charge is -2.21. The Morgan fingerprint density at radius 1 is 0.373 bits per heavy atom. The van der Waals surface area contributed by atoms with E-state index in [4.69, 9.17) is 13.1 Å². The topological polar surface area (TPSA) is 90.0 Å². The molecule has 0 unspecified atom stereocenters. The third kappa shape index (κ3) is 8.86. The van der Waals surface area contributed by atoms with Crippen LogP contribution < -0.4 is 0 Å². The Morgan fingerprint density at radius 3 is 1.14 bits per heavy atom. The molecule has 388 valence electrons. The maximum atomic E-state index is 15.3. The maximum absolute atomic E-state index is 15.3. The van der Waals surface area contributed by atoms with Crippen LogP contribution in [0.1, 0.15) is 27.8 Å². The summed E-state index contributed by atoms with van der Waals surface area (Å²) in [6, 6.07) is 76.5. The number of hydrogen-bond acceptors (Lipinski definition) is 3. The van der Waals surface area contributed by atoms with E-state index < -0.39 is 11.7 Å². The Bertz CT molecular complexity index is 4820. The van der Waals surface area contributed by atoms with E-state index >= 15 is 13.2 Å². The van der Waals surface area contributed by atoms with Gasteiger partial charge in [0.25, 0.3) is 0 Å². The minimum atomic E-state index is -4.68. The summed E-state index contributed by atoms with van der Waals surface area (Å²) in [5.41, 5.74) is 15.6. The average molecular weight is 1070 g/mol. The first-order valence-electron chi connectivity index (χ1n) is 26.4. The number of halogens is 3. The molecule has 2 heterocycles. The second-order valence-corrected chi connectivity index (χ2v) is 20.4. The lowest BCUT2D eigenvalue weighted by Crippen LogP contribution is -2.08. The molecule has 2 aromatic heterocycles. The van der Waals surface area contributed by atoms with Gasteiger partial charge in [0.1, 0.15) is 0 Å². The Hall–Kier alpha value is -11.7. The van der Waals surface area contributed by atoms with E-state index in [1.54, 1.807) is 73.7 Å². The number of fused-ring (bicyclic) bond motifs is 6. The van der Waals surface area contributed by atoms with Crippen molar-refractivity contribution in [2.75, 3.05) is 0 Å². The van der Waals surface area contributed by atoms with E-state index in [1.165, 1.54) is 6.07 Å². The van der Waals surface area contributed by atoms with E-state index in [-0.39, 0.29) is 5.56 Å². The minimum Gasteiger partial charge on any atom is -0.309 e. The van der Waals surface area contributed by atoms with Crippen LogP contribution >= 0.6 is 0 Å². The molecular weight excluding hydrogens is 1030 g/mol. The second-order valence-electron chi connectivity index (χ2n) is 20.4. The predicted octanol–water partition coefficient (Wildman–Crippen LogP) is 19.9. The van der Waals surface area contributed by atoms with Gasteiger partial charge >= 0.3 is 6.18 Å². The monoisotopic (exact) mass is 1070 g/mol. The summed E-state index contributed by atoms with van der Waals surface area (Å²) in [4.78, 5) is 7.21. The molecule has 0 spiro atoms. The van der Waals surface area contributed by atoms with Crippen LogP contribution in [-0.4, -0.2) is 9.13 Å². The van der Waals surface area contributed by atoms with Gasteiger partial charge in [0.05, 0.1) is 87.0 Å². The van der Waals surface area contributed by atoms with Gasteiger partial charge in [0.2, 0.25) is 0 Å². The quantitative estimate of drug-likeness (QED) is 0.142. The molecule has 0 aliphatic carbocycles. The van der Waals surface area contributed by atoms with Gasteiger partial charge in [-0.2, -0.15) is 29.0 Å². The predicted molar refractivity (Wildman–Crippen MR) is 324 cm³/mol. The molecule has 0 saturated heterocycles. The molecule has 11 aromatic carbocycles. The van der Waals surface area contributed by atoms with Gasteiger partial charge in [-0.15, -0.1) is 0 Å². The van der Waals surface area contributed by atoms with E-state index in [0.29, 0.717) is 61.7 Å². The van der Waals surface area contributed by atoms with Crippen molar-refractivity contribution in [2.24, 2.45) is 0 Å². The van der Waals surface area contributed by atoms with Crippen LogP contribution in [0, 0.1) is 54.1 Å². The molecular formula is C73H40F3N7. The van der Waals surface area contributed by atoms with Crippen LogP contribution in [0.5, 0.6) is 0 Å². The first kappa shape index (κ1) is 50.7. The van der Waals surface area contributed by atoms with Crippen molar-refractivity contribution in [2.45, 2.75) is 13.1 Å². The lowest BCUT2D eigenvalue weighted by atomic mass is 9.90. The van der Waals surface area contributed by atoms with Crippen LogP contribution in [0.4, 0.5) is 24.5 Å². The Labute approximate surface area is 475 Å². The lowest BCUT2D eigenvalue weighted by molar-refractivity contribution is -0.137. The zero-order chi connectivity index (χ0) is 57.1. The molecule has 0 fully saturated rings. The molecule has 0 aliphatic rings. The van der Waals surface area contributed by atoms with Gasteiger partial charge in [-0.3, -0.25) is 0 Å². The van der Waals surface area contributed by atoms with Gasteiger partial charge in [-0.05, 0) is 171 Å². The SMILES string of the molecule is [C-]#[N+]c1ccc(-c2ccc3c(c2)c2cc(-c4ccc(C#N)cc4)ccc2n3-c2ccc(-c3c(C)cccc3C(F)(F)F)cc2-c2ccc(C#N)cc2-n2c3ccc(-c4ccc(C#N)cc4)cc3c3cc(-c4ccc([N+]#[C-])cc4)ccc32)cc1. The van der Waals surface area contributed by atoms with Crippen LogP contribution in [0.3, 0.4) is 0 Å². The number of aromatic nitrogens is 2. The average Bonchev–Trinajstić information content (AvgIpc) is 2.56. The van der Waals surface area contributed by atoms with Crippen molar-refractivity contribution < 1.29 is 13.2 Å². The summed E-state index contributed by atoms with van der Waals surface area (Å²) in [7, 11) is 0. The summed E-state index contributed by atoms with van der Waals surface area (Å²) in [5, 5.41) is 33.6. The van der Waals surface area contributed by atoms with Crippen molar-refractivity contribution >= 4 is 55.0 Å². The van der Waals surface area contributed by atoms with E-state index in [1.807, 2.05) is 109 Å². The van der Waals surface area contributed by atoms with E-state index in [2.05, 4.69) is 73.4 Å². The second kappa shape index (κ2) is 20.2. The smallest absolute Gasteiger partial charge is 0.309 e. The molecule has 0 amide bonds. The van der Waals surface area contributed by atoms with Crippen molar-refractivity contribution in [3.63, 3.8) is 0 Å². The number of hydrogen-bond donors (Lipinski definition) is 0. The van der Waals surface area contributed by atoms with Gasteiger partial charge in [-0.25, -0.2) is 9.69 Å². The third-order valence-corrected chi connectivity index (χ3v) is 15.6. The van der Waals surface area contributed by atoms with Crippen LogP contribution in [-0.2, 0) is 6.18 Å². The van der Waals surface area contributed by atoms with E-state index in [0.717, 1.165) is 94.2 Å². The highest BCUT2D eigenvalue weighted by atomic mass is 19.4. The fraction of sp³-hybridized carbons (Fsp3) is 0.0274. The molecule has 0 aliphatic heterocycles. The molecule has 0 radical (unpaired) electrons. The number of nitrogens with zero attached hydrogens (tertiary/aromatic N) is 7. The number of rotatable bonds is 8. The largest absolute Gasteiger partial charge is 0.417 e. The first-order valence-corrected chi connectivity index (χ1v) is 26.4.